The summed E-state index contributed by atoms with van der Waals surface area (Å²) in [6.45, 7) is 2.17. The molecule has 0 saturated heterocycles. The second-order valence-electron chi connectivity index (χ2n) is 5.35. The zero-order valence-electron chi connectivity index (χ0n) is 9.12. The summed E-state index contributed by atoms with van der Waals surface area (Å²) in [4.78, 5) is 4.50. The molecule has 82 valence electrons. The molecule has 2 aliphatic carbocycles. The fourth-order valence-electron chi connectivity index (χ4n) is 2.30. The van der Waals surface area contributed by atoms with E-state index < -0.39 is 0 Å². The van der Waals surface area contributed by atoms with Crippen LogP contribution in [-0.2, 0) is 11.0 Å². The Kier molecular flexibility index (Phi) is 1.75. The van der Waals surface area contributed by atoms with Gasteiger partial charge in [-0.05, 0) is 25.7 Å². The van der Waals surface area contributed by atoms with Crippen LogP contribution in [0.4, 0.5) is 0 Å². The Morgan fingerprint density at radius 1 is 1.20 bits per heavy atom. The van der Waals surface area contributed by atoms with Gasteiger partial charge in [-0.25, -0.2) is 0 Å². The normalized spacial score (nSPS) is 26.8. The van der Waals surface area contributed by atoms with Gasteiger partial charge < -0.3 is 10.3 Å². The maximum atomic E-state index is 6.27. The van der Waals surface area contributed by atoms with Crippen molar-refractivity contribution in [1.82, 2.24) is 10.1 Å². The van der Waals surface area contributed by atoms with Gasteiger partial charge in [-0.2, -0.15) is 4.98 Å². The predicted octanol–water partition coefficient (Wildman–Crippen LogP) is 1.85. The van der Waals surface area contributed by atoms with Crippen molar-refractivity contribution in [3.63, 3.8) is 0 Å². The van der Waals surface area contributed by atoms with E-state index in [0.29, 0.717) is 0 Å². The van der Waals surface area contributed by atoms with Crippen LogP contribution in [0.25, 0.3) is 0 Å². The van der Waals surface area contributed by atoms with E-state index in [9.17, 15) is 0 Å². The van der Waals surface area contributed by atoms with Gasteiger partial charge in [0, 0.05) is 5.41 Å². The quantitative estimate of drug-likeness (QED) is 0.803. The van der Waals surface area contributed by atoms with Gasteiger partial charge in [0.1, 0.15) is 0 Å². The molecule has 1 heterocycles. The maximum absolute atomic E-state index is 6.27. The zero-order chi connectivity index (χ0) is 10.5. The molecule has 0 spiro atoms. The third-order valence-corrected chi connectivity index (χ3v) is 3.88. The van der Waals surface area contributed by atoms with Crippen molar-refractivity contribution in [3.05, 3.63) is 11.7 Å². The van der Waals surface area contributed by atoms with E-state index >= 15 is 0 Å². The molecule has 0 unspecified atom stereocenters. The van der Waals surface area contributed by atoms with Crippen LogP contribution in [0.2, 0.25) is 0 Å². The molecular weight excluding hydrogens is 190 g/mol. The van der Waals surface area contributed by atoms with Crippen molar-refractivity contribution in [2.75, 3.05) is 0 Å². The van der Waals surface area contributed by atoms with Gasteiger partial charge >= 0.3 is 0 Å². The molecule has 0 amide bonds. The first-order valence-electron chi connectivity index (χ1n) is 5.76. The van der Waals surface area contributed by atoms with Crippen molar-refractivity contribution in [3.8, 4) is 0 Å². The van der Waals surface area contributed by atoms with Crippen LogP contribution < -0.4 is 5.73 Å². The van der Waals surface area contributed by atoms with Crippen molar-refractivity contribution in [2.24, 2.45) is 5.73 Å². The van der Waals surface area contributed by atoms with Crippen molar-refractivity contribution >= 4 is 0 Å². The Bertz CT molecular complexity index is 375. The monoisotopic (exact) mass is 207 g/mol. The number of hydrogen-bond acceptors (Lipinski definition) is 4. The van der Waals surface area contributed by atoms with Crippen molar-refractivity contribution in [1.29, 1.82) is 0 Å². The highest BCUT2D eigenvalue weighted by atomic mass is 16.5. The number of aromatic nitrogens is 2. The molecule has 0 radical (unpaired) electrons. The maximum Gasteiger partial charge on any atom is 0.232 e. The van der Waals surface area contributed by atoms with Gasteiger partial charge in [0.05, 0.1) is 5.54 Å². The van der Waals surface area contributed by atoms with Gasteiger partial charge in [-0.1, -0.05) is 24.9 Å². The molecule has 2 fully saturated rings. The summed E-state index contributed by atoms with van der Waals surface area (Å²) in [5, 5.41) is 4.07. The van der Waals surface area contributed by atoms with Gasteiger partial charge in [-0.3, -0.25) is 0 Å². The Morgan fingerprint density at radius 2 is 1.87 bits per heavy atom. The molecule has 4 heteroatoms. The van der Waals surface area contributed by atoms with E-state index in [-0.39, 0.29) is 11.0 Å². The highest BCUT2D eigenvalue weighted by molar-refractivity contribution is 5.15. The summed E-state index contributed by atoms with van der Waals surface area (Å²) in [7, 11) is 0. The molecule has 2 saturated carbocycles. The van der Waals surface area contributed by atoms with Crippen LogP contribution in [0.15, 0.2) is 4.52 Å². The van der Waals surface area contributed by atoms with Crippen LogP contribution in [0.1, 0.15) is 57.2 Å². The standard InChI is InChI=1S/C11H17N3O/c1-10(6-7-10)9-13-8(14-15-9)11(12)4-2-3-5-11/h2-7,12H2,1H3. The molecule has 15 heavy (non-hydrogen) atoms. The average Bonchev–Trinajstić information content (AvgIpc) is 2.74. The van der Waals surface area contributed by atoms with Crippen LogP contribution >= 0.6 is 0 Å². The minimum absolute atomic E-state index is 0.153. The molecule has 0 atom stereocenters. The highest BCUT2D eigenvalue weighted by Crippen LogP contribution is 2.47. The summed E-state index contributed by atoms with van der Waals surface area (Å²) in [6, 6.07) is 0. The summed E-state index contributed by atoms with van der Waals surface area (Å²) >= 11 is 0. The third-order valence-electron chi connectivity index (χ3n) is 3.88. The Balaban J connectivity index is 1.90. The van der Waals surface area contributed by atoms with Crippen LogP contribution in [0.3, 0.4) is 0 Å². The number of nitrogens with two attached hydrogens (primary N) is 1. The topological polar surface area (TPSA) is 64.9 Å². The molecule has 0 bridgehead atoms. The minimum atomic E-state index is -0.312. The van der Waals surface area contributed by atoms with Crippen LogP contribution in [0, 0.1) is 0 Å². The Hall–Kier alpha value is -0.900. The molecular formula is C11H17N3O. The van der Waals surface area contributed by atoms with E-state index in [0.717, 1.165) is 37.4 Å². The van der Waals surface area contributed by atoms with E-state index in [1.54, 1.807) is 0 Å². The molecule has 0 aromatic carbocycles. The summed E-state index contributed by atoms with van der Waals surface area (Å²) in [6.07, 6.45) is 6.65. The smallest absolute Gasteiger partial charge is 0.232 e. The number of rotatable bonds is 2. The molecule has 1 aromatic heterocycles. The van der Waals surface area contributed by atoms with E-state index in [2.05, 4.69) is 17.1 Å². The van der Waals surface area contributed by atoms with E-state index in [4.69, 9.17) is 10.3 Å². The lowest BCUT2D eigenvalue weighted by Gasteiger charge is -2.17. The van der Waals surface area contributed by atoms with Crippen LogP contribution in [0.5, 0.6) is 0 Å². The second-order valence-corrected chi connectivity index (χ2v) is 5.35. The first-order valence-corrected chi connectivity index (χ1v) is 5.76. The predicted molar refractivity (Wildman–Crippen MR) is 55.2 cm³/mol. The van der Waals surface area contributed by atoms with E-state index in [1.807, 2.05) is 0 Å². The molecule has 1 aromatic rings. The lowest BCUT2D eigenvalue weighted by atomic mass is 9.98. The molecule has 3 rings (SSSR count). The highest BCUT2D eigenvalue weighted by Gasteiger charge is 2.46. The van der Waals surface area contributed by atoms with Gasteiger partial charge in [0.2, 0.25) is 5.89 Å². The number of hydrogen-bond donors (Lipinski definition) is 1. The zero-order valence-corrected chi connectivity index (χ0v) is 9.12. The fourth-order valence-corrected chi connectivity index (χ4v) is 2.30. The first kappa shape index (κ1) is 9.33. The summed E-state index contributed by atoms with van der Waals surface area (Å²) in [5.74, 6) is 1.51. The largest absolute Gasteiger partial charge is 0.339 e. The lowest BCUT2D eigenvalue weighted by molar-refractivity contribution is 0.333. The molecule has 2 N–H and O–H groups in total. The Morgan fingerprint density at radius 3 is 2.47 bits per heavy atom. The molecule has 0 aliphatic heterocycles. The average molecular weight is 207 g/mol. The molecule has 2 aliphatic rings. The van der Waals surface area contributed by atoms with Gasteiger partial charge in [-0.15, -0.1) is 0 Å². The molecule has 4 nitrogen and oxygen atoms in total. The Labute approximate surface area is 89.2 Å². The summed E-state index contributed by atoms with van der Waals surface area (Å²) in [5.41, 5.74) is 6.11. The van der Waals surface area contributed by atoms with Crippen molar-refractivity contribution < 1.29 is 4.52 Å². The summed E-state index contributed by atoms with van der Waals surface area (Å²) < 4.78 is 5.33. The number of nitrogens with zero attached hydrogens (tertiary/aromatic N) is 2. The SMILES string of the molecule is CC1(c2nc(C3(N)CCCC3)no2)CC1. The second kappa shape index (κ2) is 2.82. The van der Waals surface area contributed by atoms with Crippen LogP contribution in [-0.4, -0.2) is 10.1 Å². The first-order chi connectivity index (χ1) is 7.12. The minimum Gasteiger partial charge on any atom is -0.339 e. The van der Waals surface area contributed by atoms with Gasteiger partial charge in [0.15, 0.2) is 5.82 Å². The third kappa shape index (κ3) is 1.39. The van der Waals surface area contributed by atoms with Gasteiger partial charge in [0.25, 0.3) is 0 Å². The fraction of sp³-hybridized carbons (Fsp3) is 0.818. The van der Waals surface area contributed by atoms with Crippen molar-refractivity contribution in [2.45, 2.75) is 56.4 Å². The van der Waals surface area contributed by atoms with E-state index in [1.165, 1.54) is 12.8 Å². The lowest BCUT2D eigenvalue weighted by Crippen LogP contribution is -2.34.